The van der Waals surface area contributed by atoms with E-state index in [4.69, 9.17) is 5.73 Å². The largest absolute Gasteiger partial charge is 0.368 e. The first-order valence-corrected chi connectivity index (χ1v) is 7.20. The van der Waals surface area contributed by atoms with Crippen LogP contribution in [-0.2, 0) is 6.54 Å². The van der Waals surface area contributed by atoms with Crippen molar-refractivity contribution in [2.45, 2.75) is 32.0 Å². The first kappa shape index (κ1) is 13.8. The second-order valence-electron chi connectivity index (χ2n) is 5.51. The second kappa shape index (κ2) is 6.05. The van der Waals surface area contributed by atoms with Gasteiger partial charge in [-0.2, -0.15) is 4.98 Å². The smallest absolute Gasteiger partial charge is 0.227 e. The number of nitrogens with zero attached hydrogens (tertiary/aromatic N) is 4. The molecule has 1 aromatic carbocycles. The van der Waals surface area contributed by atoms with Gasteiger partial charge in [0, 0.05) is 25.2 Å². The van der Waals surface area contributed by atoms with Crippen molar-refractivity contribution in [1.82, 2.24) is 19.9 Å². The number of nitrogen functional groups attached to an aromatic ring is 1. The van der Waals surface area contributed by atoms with E-state index in [1.165, 1.54) is 11.9 Å². The molecule has 1 fully saturated rings. The van der Waals surface area contributed by atoms with Crippen molar-refractivity contribution in [1.29, 1.82) is 0 Å². The Balaban J connectivity index is 1.61. The molecule has 3 rings (SSSR count). The van der Waals surface area contributed by atoms with E-state index < -0.39 is 0 Å². The summed E-state index contributed by atoms with van der Waals surface area (Å²) in [7, 11) is 0. The summed E-state index contributed by atoms with van der Waals surface area (Å²) in [6.07, 6.45) is 2.50. The average Bonchev–Trinajstić information content (AvgIpc) is 2.80. The fourth-order valence-electron chi connectivity index (χ4n) is 2.80. The molecule has 0 aliphatic carbocycles. The summed E-state index contributed by atoms with van der Waals surface area (Å²) in [5.41, 5.74) is 6.92. The van der Waals surface area contributed by atoms with Crippen molar-refractivity contribution in [3.63, 3.8) is 0 Å². The molecule has 2 unspecified atom stereocenters. The third-order valence-electron chi connectivity index (χ3n) is 3.86. The molecule has 1 aromatic heterocycles. The van der Waals surface area contributed by atoms with Gasteiger partial charge in [-0.15, -0.1) is 0 Å². The van der Waals surface area contributed by atoms with Gasteiger partial charge in [0.25, 0.3) is 0 Å². The van der Waals surface area contributed by atoms with Gasteiger partial charge in [0.2, 0.25) is 11.9 Å². The van der Waals surface area contributed by atoms with Crippen LogP contribution in [-0.4, -0.2) is 38.5 Å². The summed E-state index contributed by atoms with van der Waals surface area (Å²) in [4.78, 5) is 14.5. The van der Waals surface area contributed by atoms with E-state index in [2.05, 4.69) is 56.4 Å². The maximum atomic E-state index is 5.58. The number of anilines is 2. The lowest BCUT2D eigenvalue weighted by molar-refractivity contribution is 0.259. The van der Waals surface area contributed by atoms with Gasteiger partial charge in [0.15, 0.2) is 0 Å². The van der Waals surface area contributed by atoms with Crippen LogP contribution in [0.5, 0.6) is 0 Å². The lowest BCUT2D eigenvalue weighted by Gasteiger charge is -2.20. The van der Waals surface area contributed by atoms with Crippen LogP contribution in [0.15, 0.2) is 36.7 Å². The predicted octanol–water partition coefficient (Wildman–Crippen LogP) is 1.53. The standard InChI is InChI=1S/C15H20N6/c1-11-7-13(19-15-18-10-17-14(16)20-15)9-21(11)8-12-5-3-2-4-6-12/h2-6,10-11,13H,7-9H2,1H3,(H3,16,17,18,19,20). The van der Waals surface area contributed by atoms with Crippen molar-refractivity contribution in [2.24, 2.45) is 0 Å². The molecule has 21 heavy (non-hydrogen) atoms. The molecule has 0 spiro atoms. The van der Waals surface area contributed by atoms with Gasteiger partial charge in [-0.3, -0.25) is 4.90 Å². The number of nitrogens with one attached hydrogen (secondary N) is 1. The van der Waals surface area contributed by atoms with Crippen molar-refractivity contribution in [3.05, 3.63) is 42.2 Å². The van der Waals surface area contributed by atoms with Crippen LogP contribution in [0.25, 0.3) is 0 Å². The van der Waals surface area contributed by atoms with E-state index in [0.29, 0.717) is 18.0 Å². The van der Waals surface area contributed by atoms with Gasteiger partial charge in [0.05, 0.1) is 0 Å². The molecule has 3 N–H and O–H groups in total. The SMILES string of the molecule is CC1CC(Nc2ncnc(N)n2)CN1Cc1ccccc1. The second-order valence-corrected chi connectivity index (χ2v) is 5.51. The first-order valence-electron chi connectivity index (χ1n) is 7.20. The fraction of sp³-hybridized carbons (Fsp3) is 0.400. The minimum absolute atomic E-state index is 0.250. The third kappa shape index (κ3) is 3.46. The molecule has 1 aliphatic heterocycles. The Kier molecular flexibility index (Phi) is 3.96. The molecule has 0 bridgehead atoms. The van der Waals surface area contributed by atoms with Gasteiger partial charge in [-0.05, 0) is 18.9 Å². The number of nitrogens with two attached hydrogens (primary N) is 1. The van der Waals surface area contributed by atoms with Crippen molar-refractivity contribution < 1.29 is 0 Å². The molecule has 6 heteroatoms. The minimum Gasteiger partial charge on any atom is -0.368 e. The highest BCUT2D eigenvalue weighted by Gasteiger charge is 2.29. The minimum atomic E-state index is 0.250. The number of rotatable bonds is 4. The molecule has 2 heterocycles. The fourth-order valence-corrected chi connectivity index (χ4v) is 2.80. The van der Waals surface area contributed by atoms with E-state index in [0.717, 1.165) is 19.5 Å². The number of hydrogen-bond acceptors (Lipinski definition) is 6. The Morgan fingerprint density at radius 1 is 1.29 bits per heavy atom. The Hall–Kier alpha value is -2.21. The molecule has 1 aliphatic rings. The normalized spacial score (nSPS) is 22.3. The van der Waals surface area contributed by atoms with E-state index in [9.17, 15) is 0 Å². The zero-order valence-corrected chi connectivity index (χ0v) is 12.1. The summed E-state index contributed by atoms with van der Waals surface area (Å²) >= 11 is 0. The van der Waals surface area contributed by atoms with Crippen molar-refractivity contribution in [3.8, 4) is 0 Å². The van der Waals surface area contributed by atoms with Crippen molar-refractivity contribution >= 4 is 11.9 Å². The predicted molar refractivity (Wildman–Crippen MR) is 82.6 cm³/mol. The highest BCUT2D eigenvalue weighted by molar-refractivity contribution is 5.31. The van der Waals surface area contributed by atoms with E-state index in [1.807, 2.05) is 6.07 Å². The van der Waals surface area contributed by atoms with E-state index in [-0.39, 0.29) is 5.95 Å². The lowest BCUT2D eigenvalue weighted by Crippen LogP contribution is -2.29. The number of likely N-dealkylation sites (tertiary alicyclic amines) is 1. The molecule has 6 nitrogen and oxygen atoms in total. The Morgan fingerprint density at radius 2 is 2.10 bits per heavy atom. The van der Waals surface area contributed by atoms with Gasteiger partial charge in [-0.25, -0.2) is 9.97 Å². The molecule has 1 saturated heterocycles. The van der Waals surface area contributed by atoms with Crippen LogP contribution >= 0.6 is 0 Å². The molecular formula is C15H20N6. The Morgan fingerprint density at radius 3 is 2.86 bits per heavy atom. The average molecular weight is 284 g/mol. The van der Waals surface area contributed by atoms with Crippen LogP contribution in [0.4, 0.5) is 11.9 Å². The highest BCUT2D eigenvalue weighted by atomic mass is 15.2. The molecular weight excluding hydrogens is 264 g/mol. The molecule has 0 amide bonds. The van der Waals surface area contributed by atoms with Gasteiger partial charge < -0.3 is 11.1 Å². The van der Waals surface area contributed by atoms with Crippen LogP contribution in [0.3, 0.4) is 0 Å². The van der Waals surface area contributed by atoms with Gasteiger partial charge in [-0.1, -0.05) is 30.3 Å². The number of hydrogen-bond donors (Lipinski definition) is 2. The maximum absolute atomic E-state index is 5.58. The topological polar surface area (TPSA) is 80.0 Å². The Labute approximate surface area is 124 Å². The van der Waals surface area contributed by atoms with Crippen LogP contribution in [0, 0.1) is 0 Å². The molecule has 2 atom stereocenters. The van der Waals surface area contributed by atoms with Gasteiger partial charge >= 0.3 is 0 Å². The molecule has 2 aromatic rings. The van der Waals surface area contributed by atoms with Crippen LogP contribution in [0.2, 0.25) is 0 Å². The summed E-state index contributed by atoms with van der Waals surface area (Å²) in [6, 6.07) is 11.4. The van der Waals surface area contributed by atoms with Gasteiger partial charge in [0.1, 0.15) is 6.33 Å². The van der Waals surface area contributed by atoms with E-state index >= 15 is 0 Å². The third-order valence-corrected chi connectivity index (χ3v) is 3.86. The number of benzene rings is 1. The molecule has 110 valence electrons. The van der Waals surface area contributed by atoms with E-state index in [1.54, 1.807) is 0 Å². The summed E-state index contributed by atoms with van der Waals surface area (Å²) in [6.45, 7) is 4.20. The summed E-state index contributed by atoms with van der Waals surface area (Å²) in [5, 5.41) is 3.34. The zero-order valence-electron chi connectivity index (χ0n) is 12.1. The van der Waals surface area contributed by atoms with Crippen LogP contribution in [0.1, 0.15) is 18.9 Å². The Bertz CT molecular complexity index is 588. The molecule has 0 saturated carbocycles. The summed E-state index contributed by atoms with van der Waals surface area (Å²) in [5.74, 6) is 0.806. The first-order chi connectivity index (χ1) is 10.2. The maximum Gasteiger partial charge on any atom is 0.227 e. The van der Waals surface area contributed by atoms with Crippen molar-refractivity contribution in [2.75, 3.05) is 17.6 Å². The highest BCUT2D eigenvalue weighted by Crippen LogP contribution is 2.22. The monoisotopic (exact) mass is 284 g/mol. The lowest BCUT2D eigenvalue weighted by atomic mass is 10.2. The zero-order chi connectivity index (χ0) is 14.7. The summed E-state index contributed by atoms with van der Waals surface area (Å²) < 4.78 is 0. The molecule has 0 radical (unpaired) electrons. The number of aromatic nitrogens is 3. The van der Waals surface area contributed by atoms with Crippen LogP contribution < -0.4 is 11.1 Å². The quantitative estimate of drug-likeness (QED) is 0.886.